The molecule has 0 spiro atoms. The summed E-state index contributed by atoms with van der Waals surface area (Å²) in [5.74, 6) is -7.15. The second-order valence-corrected chi connectivity index (χ2v) is 22.5. The summed E-state index contributed by atoms with van der Waals surface area (Å²) in [6, 6.07) is 9.55. The Balaban J connectivity index is 2.27. The average Bonchev–Trinajstić information content (AvgIpc) is 3.28. The molecule has 1 fully saturated rings. The molecule has 0 radical (unpaired) electrons. The molecule has 0 N–H and O–H groups in total. The van der Waals surface area contributed by atoms with Crippen molar-refractivity contribution in [2.45, 2.75) is 156 Å². The fraction of sp³-hybridized carbons (Fsp3) is 0.615. The Hall–Kier alpha value is -4.34. The predicted molar refractivity (Wildman–Crippen MR) is 281 cm³/mol. The van der Waals surface area contributed by atoms with E-state index in [1.807, 2.05) is 79.7 Å². The van der Waals surface area contributed by atoms with Crippen LogP contribution in [0.4, 0.5) is 0 Å². The van der Waals surface area contributed by atoms with Crippen LogP contribution < -0.4 is 0 Å². The van der Waals surface area contributed by atoms with E-state index >= 15 is 0 Å². The monoisotopic (exact) mass is 1200 g/mol. The van der Waals surface area contributed by atoms with Gasteiger partial charge in [-0.2, -0.15) is 0 Å². The largest absolute Gasteiger partial charge is 0.451 e. The second kappa shape index (κ2) is 27.5. The Kier molecular flexibility index (Phi) is 23.5. The number of esters is 4. The number of hydrogen-bond donors (Lipinski definition) is 0. The zero-order chi connectivity index (χ0) is 52.9. The summed E-state index contributed by atoms with van der Waals surface area (Å²) < 4.78 is 25.7. The first-order chi connectivity index (χ1) is 32.6. The molecule has 70 heavy (non-hydrogen) atoms. The van der Waals surface area contributed by atoms with E-state index < -0.39 is 96.1 Å². The molecule has 1 saturated heterocycles. The van der Waals surface area contributed by atoms with Gasteiger partial charge in [0.1, 0.15) is 24.2 Å². The van der Waals surface area contributed by atoms with Gasteiger partial charge in [0.25, 0.3) is 23.6 Å². The maximum atomic E-state index is 14.7. The standard InChI is InChI=1S/C52H74I2N4O12/c1-29(2)22-39-49(63)67-34(10)46(60)56(12)42(25-32(7)8)52(66)70-44(28-36-16-15-17-38(54)26-36)48(62)58(14)40(23-30(3)4)50(64)68-33(9)45(59)55(11)41(24-31(5)6)51(65)69-43(47(61)57(39)13)27-35-18-20-37(53)21-19-35/h15-21,26,29-34,39-44H,22-25,27-28H2,1-14H3/t33-,34-,39+,40+,41+,42+,43-,44-/m1/s1. The molecular formula is C52H74I2N4O12. The number of likely N-dealkylation sites (N-methyl/N-ethyl adjacent to an activating group) is 4. The van der Waals surface area contributed by atoms with Crippen LogP contribution >= 0.6 is 45.2 Å². The highest BCUT2D eigenvalue weighted by molar-refractivity contribution is 14.1. The molecule has 2 aromatic rings. The minimum absolute atomic E-state index is 0.0859. The van der Waals surface area contributed by atoms with E-state index in [1.54, 1.807) is 24.3 Å². The van der Waals surface area contributed by atoms with E-state index in [9.17, 15) is 38.4 Å². The van der Waals surface area contributed by atoms with Crippen LogP contribution in [-0.2, 0) is 70.1 Å². The molecule has 0 aromatic heterocycles. The van der Waals surface area contributed by atoms with Crippen LogP contribution in [0.1, 0.15) is 106 Å². The predicted octanol–water partition coefficient (Wildman–Crippen LogP) is 6.87. The highest BCUT2D eigenvalue weighted by Crippen LogP contribution is 2.24. The maximum Gasteiger partial charge on any atom is 0.329 e. The van der Waals surface area contributed by atoms with Crippen LogP contribution in [0, 0.1) is 30.8 Å². The third-order valence-corrected chi connectivity index (χ3v) is 13.5. The van der Waals surface area contributed by atoms with Gasteiger partial charge in [0.05, 0.1) is 0 Å². The van der Waals surface area contributed by atoms with E-state index in [2.05, 4.69) is 45.2 Å². The van der Waals surface area contributed by atoms with E-state index in [0.717, 1.165) is 26.7 Å². The Morgan fingerprint density at radius 2 is 0.743 bits per heavy atom. The van der Waals surface area contributed by atoms with Gasteiger partial charge in [-0.05, 0) is 144 Å². The quantitative estimate of drug-likeness (QED) is 0.122. The molecule has 388 valence electrons. The topological polar surface area (TPSA) is 186 Å². The van der Waals surface area contributed by atoms with Gasteiger partial charge in [0.2, 0.25) is 0 Å². The summed E-state index contributed by atoms with van der Waals surface area (Å²) in [5.41, 5.74) is 1.31. The van der Waals surface area contributed by atoms with Crippen LogP contribution in [-0.4, -0.2) is 144 Å². The molecule has 0 aliphatic carbocycles. The zero-order valence-corrected chi connectivity index (χ0v) is 47.5. The van der Waals surface area contributed by atoms with Gasteiger partial charge in [-0.15, -0.1) is 0 Å². The second-order valence-electron chi connectivity index (χ2n) is 20.1. The molecule has 16 nitrogen and oxygen atoms in total. The van der Waals surface area contributed by atoms with E-state index in [4.69, 9.17) is 18.9 Å². The number of carbonyl (C=O) groups is 8. The number of ether oxygens (including phenoxy) is 4. The van der Waals surface area contributed by atoms with Gasteiger partial charge in [-0.25, -0.2) is 19.2 Å². The van der Waals surface area contributed by atoms with Crippen LogP contribution in [0.2, 0.25) is 0 Å². The lowest BCUT2D eigenvalue weighted by Crippen LogP contribution is -2.55. The average molecular weight is 1200 g/mol. The molecule has 1 aliphatic heterocycles. The summed E-state index contributed by atoms with van der Waals surface area (Å²) in [5, 5.41) is 0. The first-order valence-corrected chi connectivity index (χ1v) is 26.2. The molecule has 0 unspecified atom stereocenters. The van der Waals surface area contributed by atoms with Crippen LogP contribution in [0.5, 0.6) is 0 Å². The minimum atomic E-state index is -1.48. The van der Waals surface area contributed by atoms with Gasteiger partial charge in [-0.1, -0.05) is 79.7 Å². The summed E-state index contributed by atoms with van der Waals surface area (Å²) >= 11 is 4.28. The van der Waals surface area contributed by atoms with Gasteiger partial charge in [0.15, 0.2) is 24.4 Å². The zero-order valence-electron chi connectivity index (χ0n) is 43.2. The number of benzene rings is 2. The Labute approximate surface area is 441 Å². The highest BCUT2D eigenvalue weighted by Gasteiger charge is 2.43. The summed E-state index contributed by atoms with van der Waals surface area (Å²) in [7, 11) is 5.58. The summed E-state index contributed by atoms with van der Waals surface area (Å²) in [6.07, 6.45) is -5.60. The van der Waals surface area contributed by atoms with Gasteiger partial charge >= 0.3 is 23.9 Å². The smallest absolute Gasteiger partial charge is 0.329 e. The van der Waals surface area contributed by atoms with Crippen molar-refractivity contribution in [3.63, 3.8) is 0 Å². The van der Waals surface area contributed by atoms with Gasteiger partial charge in [-0.3, -0.25) is 19.2 Å². The Bertz CT molecular complexity index is 2130. The third kappa shape index (κ3) is 17.5. The van der Waals surface area contributed by atoms with E-state index in [0.29, 0.717) is 11.1 Å². The van der Waals surface area contributed by atoms with Crippen molar-refractivity contribution in [3.05, 3.63) is 66.8 Å². The van der Waals surface area contributed by atoms with Crippen molar-refractivity contribution < 1.29 is 57.3 Å². The lowest BCUT2D eigenvalue weighted by atomic mass is 10.00. The van der Waals surface area contributed by atoms with Crippen molar-refractivity contribution in [1.29, 1.82) is 0 Å². The van der Waals surface area contributed by atoms with Crippen molar-refractivity contribution in [2.24, 2.45) is 23.7 Å². The number of amides is 4. The number of nitrogens with zero attached hydrogens (tertiary/aromatic N) is 4. The van der Waals surface area contributed by atoms with Gasteiger partial charge in [0, 0.05) is 48.2 Å². The van der Waals surface area contributed by atoms with E-state index in [-0.39, 0.29) is 62.2 Å². The first kappa shape index (κ1) is 60.0. The first-order valence-electron chi connectivity index (χ1n) is 24.0. The maximum absolute atomic E-state index is 14.7. The van der Waals surface area contributed by atoms with E-state index in [1.165, 1.54) is 42.0 Å². The Morgan fingerprint density at radius 3 is 1.07 bits per heavy atom. The molecular weight excluding hydrogens is 1130 g/mol. The molecule has 1 heterocycles. The Morgan fingerprint density at radius 1 is 0.429 bits per heavy atom. The molecule has 4 amide bonds. The van der Waals surface area contributed by atoms with Crippen molar-refractivity contribution in [1.82, 2.24) is 19.6 Å². The third-order valence-electron chi connectivity index (χ3n) is 12.1. The SMILES string of the molecule is CC(C)C[C@H]1C(=O)O[C@H](Cc2cccc(I)c2)C(=O)N(C)[C@@H](CC(C)C)C(=O)O[C@H](C)C(=O)N(C)[C@@H](CC(C)C)C(=O)O[C@H](Cc2ccc(I)cc2)C(=O)N(C)[C@@H](CC(C)C)C(=O)O[C@H](C)C(=O)N1C. The molecule has 0 bridgehead atoms. The van der Waals surface area contributed by atoms with Crippen molar-refractivity contribution in [3.8, 4) is 0 Å². The molecule has 1 aliphatic rings. The van der Waals surface area contributed by atoms with Crippen molar-refractivity contribution in [2.75, 3.05) is 28.2 Å². The van der Waals surface area contributed by atoms with Crippen LogP contribution in [0.3, 0.4) is 0 Å². The minimum Gasteiger partial charge on any atom is -0.451 e. The lowest BCUT2D eigenvalue weighted by Gasteiger charge is -2.35. The number of rotatable bonds is 12. The van der Waals surface area contributed by atoms with Crippen LogP contribution in [0.25, 0.3) is 0 Å². The number of halogens is 2. The molecule has 0 saturated carbocycles. The molecule has 18 heteroatoms. The number of carbonyl (C=O) groups excluding carboxylic acids is 8. The summed E-state index contributed by atoms with van der Waals surface area (Å²) in [4.78, 5) is 120. The number of cyclic esters (lactones) is 4. The van der Waals surface area contributed by atoms with Crippen molar-refractivity contribution >= 4 is 92.7 Å². The summed E-state index contributed by atoms with van der Waals surface area (Å²) in [6.45, 7) is 17.6. The molecule has 2 aromatic carbocycles. The fourth-order valence-electron chi connectivity index (χ4n) is 8.19. The normalized spacial score (nSPS) is 24.9. The molecule has 3 rings (SSSR count). The fourth-order valence-corrected chi connectivity index (χ4v) is 9.16. The molecule has 8 atom stereocenters. The lowest BCUT2D eigenvalue weighted by molar-refractivity contribution is -0.176. The van der Waals surface area contributed by atoms with Gasteiger partial charge < -0.3 is 38.5 Å². The highest BCUT2D eigenvalue weighted by atomic mass is 127. The van der Waals surface area contributed by atoms with Crippen LogP contribution in [0.15, 0.2) is 48.5 Å². The number of hydrogen-bond acceptors (Lipinski definition) is 12.